The molecule has 0 N–H and O–H groups in total. The standard InChI is InChI=1S/C46H31NO/c1-4-12-32(13-5-1)34-20-25-38(26-21-34)47(39-27-22-35(23-28-39)33-14-6-2-7-15-33)43-31-30-40(36-16-8-3-9-17-36)44-42-29-24-37-18-10-11-19-41(37)45(42)48-46(43)44/h1-31H. The van der Waals surface area contributed by atoms with Gasteiger partial charge in [-0.15, -0.1) is 0 Å². The molecular formula is C46H31NO. The van der Waals surface area contributed by atoms with Crippen LogP contribution in [0.4, 0.5) is 17.1 Å². The highest BCUT2D eigenvalue weighted by Gasteiger charge is 2.23. The SMILES string of the molecule is c1ccc(-c2ccc(N(c3ccc(-c4ccccc4)cc3)c3ccc(-c4ccccc4)c4c3oc3c5ccccc5ccc34)cc2)cc1. The summed E-state index contributed by atoms with van der Waals surface area (Å²) in [5.41, 5.74) is 11.9. The summed E-state index contributed by atoms with van der Waals surface area (Å²) in [6.07, 6.45) is 0. The zero-order chi connectivity index (χ0) is 31.9. The summed E-state index contributed by atoms with van der Waals surface area (Å²) in [5, 5.41) is 4.51. The molecule has 1 heterocycles. The van der Waals surface area contributed by atoms with Gasteiger partial charge in [-0.1, -0.05) is 152 Å². The summed E-state index contributed by atoms with van der Waals surface area (Å²) >= 11 is 0. The lowest BCUT2D eigenvalue weighted by Crippen LogP contribution is -2.10. The first-order valence-electron chi connectivity index (χ1n) is 16.4. The molecule has 0 aliphatic carbocycles. The van der Waals surface area contributed by atoms with E-state index in [1.807, 2.05) is 0 Å². The Labute approximate surface area is 279 Å². The van der Waals surface area contributed by atoms with Crippen LogP contribution in [0.15, 0.2) is 192 Å². The Kier molecular flexibility index (Phi) is 6.84. The molecule has 0 radical (unpaired) electrons. The van der Waals surface area contributed by atoms with E-state index >= 15 is 0 Å². The lowest BCUT2D eigenvalue weighted by atomic mass is 9.97. The topological polar surface area (TPSA) is 16.4 Å². The summed E-state index contributed by atoms with van der Waals surface area (Å²) < 4.78 is 7.03. The van der Waals surface area contributed by atoms with Crippen molar-refractivity contribution in [3.63, 3.8) is 0 Å². The number of anilines is 3. The molecule has 0 unspecified atom stereocenters. The quantitative estimate of drug-likeness (QED) is 0.185. The number of nitrogens with zero attached hydrogens (tertiary/aromatic N) is 1. The van der Waals surface area contributed by atoms with Gasteiger partial charge in [0.05, 0.1) is 5.69 Å². The van der Waals surface area contributed by atoms with Crippen LogP contribution >= 0.6 is 0 Å². The highest BCUT2D eigenvalue weighted by molar-refractivity contribution is 6.21. The first-order valence-corrected chi connectivity index (χ1v) is 16.4. The van der Waals surface area contributed by atoms with E-state index in [2.05, 4.69) is 193 Å². The highest BCUT2D eigenvalue weighted by Crippen LogP contribution is 2.47. The van der Waals surface area contributed by atoms with Crippen molar-refractivity contribution in [2.45, 2.75) is 0 Å². The molecular weight excluding hydrogens is 583 g/mol. The fraction of sp³-hybridized carbons (Fsp3) is 0. The van der Waals surface area contributed by atoms with E-state index < -0.39 is 0 Å². The molecule has 0 aliphatic rings. The van der Waals surface area contributed by atoms with Crippen LogP contribution in [0.3, 0.4) is 0 Å². The molecule has 0 amide bonds. The van der Waals surface area contributed by atoms with Crippen molar-refractivity contribution in [1.82, 2.24) is 0 Å². The summed E-state index contributed by atoms with van der Waals surface area (Å²) in [7, 11) is 0. The van der Waals surface area contributed by atoms with Gasteiger partial charge < -0.3 is 9.32 Å². The zero-order valence-electron chi connectivity index (χ0n) is 26.3. The van der Waals surface area contributed by atoms with Crippen LogP contribution in [0.2, 0.25) is 0 Å². The first kappa shape index (κ1) is 27.9. The van der Waals surface area contributed by atoms with Crippen molar-refractivity contribution >= 4 is 49.8 Å². The van der Waals surface area contributed by atoms with E-state index in [-0.39, 0.29) is 0 Å². The Balaban J connectivity index is 1.29. The molecule has 48 heavy (non-hydrogen) atoms. The minimum Gasteiger partial charge on any atom is -0.453 e. The van der Waals surface area contributed by atoms with Crippen molar-refractivity contribution in [2.24, 2.45) is 0 Å². The predicted octanol–water partition coefficient (Wildman–Crippen LogP) is 13.2. The molecule has 0 bridgehead atoms. The van der Waals surface area contributed by atoms with Crippen LogP contribution in [0.5, 0.6) is 0 Å². The third-order valence-electron chi connectivity index (χ3n) is 9.28. The van der Waals surface area contributed by atoms with Gasteiger partial charge in [0.25, 0.3) is 0 Å². The van der Waals surface area contributed by atoms with Crippen molar-refractivity contribution in [2.75, 3.05) is 4.90 Å². The van der Waals surface area contributed by atoms with E-state index in [0.29, 0.717) is 0 Å². The maximum atomic E-state index is 7.03. The maximum absolute atomic E-state index is 7.03. The van der Waals surface area contributed by atoms with E-state index in [1.165, 1.54) is 22.3 Å². The molecule has 9 aromatic rings. The minimum absolute atomic E-state index is 0.863. The van der Waals surface area contributed by atoms with E-state index in [4.69, 9.17) is 4.42 Å². The lowest BCUT2D eigenvalue weighted by molar-refractivity contribution is 0.673. The Bertz CT molecular complexity index is 2430. The Hall–Kier alpha value is -6.38. The molecule has 226 valence electrons. The van der Waals surface area contributed by atoms with Crippen LogP contribution in [-0.4, -0.2) is 0 Å². The van der Waals surface area contributed by atoms with Crippen LogP contribution < -0.4 is 4.90 Å². The molecule has 8 aromatic carbocycles. The zero-order valence-corrected chi connectivity index (χ0v) is 26.3. The Morgan fingerprint density at radius 1 is 0.333 bits per heavy atom. The van der Waals surface area contributed by atoms with Crippen LogP contribution in [0.25, 0.3) is 66.1 Å². The number of benzene rings is 8. The minimum atomic E-state index is 0.863. The molecule has 2 heteroatoms. The Morgan fingerprint density at radius 3 is 1.42 bits per heavy atom. The van der Waals surface area contributed by atoms with Gasteiger partial charge in [-0.05, 0) is 75.2 Å². The van der Waals surface area contributed by atoms with Gasteiger partial charge in [0.15, 0.2) is 5.58 Å². The molecule has 1 aromatic heterocycles. The second kappa shape index (κ2) is 11.8. The molecule has 2 nitrogen and oxygen atoms in total. The molecule has 0 saturated heterocycles. The normalized spacial score (nSPS) is 11.3. The van der Waals surface area contributed by atoms with Crippen LogP contribution in [0.1, 0.15) is 0 Å². The van der Waals surface area contributed by atoms with Gasteiger partial charge in [0.1, 0.15) is 5.58 Å². The number of fused-ring (bicyclic) bond motifs is 5. The maximum Gasteiger partial charge on any atom is 0.160 e. The molecule has 0 atom stereocenters. The molecule has 9 rings (SSSR count). The van der Waals surface area contributed by atoms with E-state index in [0.717, 1.165) is 60.9 Å². The van der Waals surface area contributed by atoms with Gasteiger partial charge in [-0.3, -0.25) is 0 Å². The molecule has 0 fully saturated rings. The summed E-state index contributed by atoms with van der Waals surface area (Å²) in [5.74, 6) is 0. The number of rotatable bonds is 6. The molecule has 0 spiro atoms. The number of furan rings is 1. The van der Waals surface area contributed by atoms with Gasteiger partial charge in [0, 0.05) is 27.5 Å². The van der Waals surface area contributed by atoms with Crippen molar-refractivity contribution in [3.8, 4) is 33.4 Å². The van der Waals surface area contributed by atoms with Crippen molar-refractivity contribution < 1.29 is 4.42 Å². The lowest BCUT2D eigenvalue weighted by Gasteiger charge is -2.26. The monoisotopic (exact) mass is 613 g/mol. The van der Waals surface area contributed by atoms with Gasteiger partial charge in [0.2, 0.25) is 0 Å². The predicted molar refractivity (Wildman–Crippen MR) is 202 cm³/mol. The van der Waals surface area contributed by atoms with Gasteiger partial charge in [-0.25, -0.2) is 0 Å². The molecule has 0 aliphatic heterocycles. The summed E-state index contributed by atoms with van der Waals surface area (Å²) in [4.78, 5) is 2.32. The van der Waals surface area contributed by atoms with E-state index in [9.17, 15) is 0 Å². The van der Waals surface area contributed by atoms with Crippen LogP contribution in [-0.2, 0) is 0 Å². The third kappa shape index (κ3) is 4.83. The highest BCUT2D eigenvalue weighted by atomic mass is 16.3. The number of hydrogen-bond donors (Lipinski definition) is 0. The Morgan fingerprint density at radius 2 is 0.833 bits per heavy atom. The van der Waals surface area contributed by atoms with Gasteiger partial charge >= 0.3 is 0 Å². The van der Waals surface area contributed by atoms with Gasteiger partial charge in [-0.2, -0.15) is 0 Å². The van der Waals surface area contributed by atoms with Crippen molar-refractivity contribution in [3.05, 3.63) is 188 Å². The number of hydrogen-bond acceptors (Lipinski definition) is 2. The van der Waals surface area contributed by atoms with Crippen molar-refractivity contribution in [1.29, 1.82) is 0 Å². The largest absolute Gasteiger partial charge is 0.453 e. The fourth-order valence-electron chi connectivity index (χ4n) is 6.92. The first-order chi connectivity index (χ1) is 23.8. The average molecular weight is 614 g/mol. The smallest absolute Gasteiger partial charge is 0.160 e. The average Bonchev–Trinajstić information content (AvgIpc) is 3.57. The second-order valence-corrected chi connectivity index (χ2v) is 12.1. The second-order valence-electron chi connectivity index (χ2n) is 12.1. The summed E-state index contributed by atoms with van der Waals surface area (Å²) in [6, 6.07) is 66.7. The third-order valence-corrected chi connectivity index (χ3v) is 9.28. The fourth-order valence-corrected chi connectivity index (χ4v) is 6.92. The van der Waals surface area contributed by atoms with E-state index in [1.54, 1.807) is 0 Å². The summed E-state index contributed by atoms with van der Waals surface area (Å²) in [6.45, 7) is 0. The van der Waals surface area contributed by atoms with Crippen LogP contribution in [0, 0.1) is 0 Å². The molecule has 0 saturated carbocycles.